The molecule has 7 atom stereocenters. The second-order valence-corrected chi connectivity index (χ2v) is 20.1. The van der Waals surface area contributed by atoms with Crippen molar-refractivity contribution in [3.63, 3.8) is 0 Å². The monoisotopic (exact) mass is 894 g/mol. The zero-order valence-electron chi connectivity index (χ0n) is 37.5. The topological polar surface area (TPSA) is 165 Å². The van der Waals surface area contributed by atoms with Crippen molar-refractivity contribution in [2.75, 3.05) is 39.3 Å². The van der Waals surface area contributed by atoms with Crippen LogP contribution >= 0.6 is 0 Å². The molecular formula is C50H66N6O7S. The first kappa shape index (κ1) is 46.9. The van der Waals surface area contributed by atoms with Crippen LogP contribution in [-0.2, 0) is 29.2 Å². The molecule has 13 nitrogen and oxygen atoms in total. The lowest BCUT2D eigenvalue weighted by atomic mass is 9.94. The van der Waals surface area contributed by atoms with Crippen LogP contribution in [-0.4, -0.2) is 109 Å². The summed E-state index contributed by atoms with van der Waals surface area (Å²) in [5, 5.41) is 9.28. The standard InChI is InChI=1S/C50H66N6O7S/c1-3-5-7-9-16-22-46(57)56-29-28-55(34-45(56)49(60)51-27-17-8-6-4-2)64(62,63)38-25-23-37(24-26-38)50(61)54-32-41(47(58)52-43-30-39(43)35-18-12-10-13-19-35)42(33-54)48(59)53-44-31-40(44)36-20-14-11-15-21-36/h10-15,18-21,23-26,39-45H,3-9,16-17,22,27-34H2,1-2H3,(H,51,60)(H,52,58)(H,53,59)/t39-,40-,41-,42-,43+,44+,45?/m1/s1. The first-order chi connectivity index (χ1) is 31.0. The molecule has 2 saturated heterocycles. The van der Waals surface area contributed by atoms with Gasteiger partial charge in [-0.25, -0.2) is 8.42 Å². The number of amides is 5. The summed E-state index contributed by atoms with van der Waals surface area (Å²) in [7, 11) is -4.11. The molecule has 2 heterocycles. The number of nitrogens with zero attached hydrogens (tertiary/aromatic N) is 3. The first-order valence-corrected chi connectivity index (χ1v) is 25.1. The average Bonchev–Trinajstić information content (AvgIpc) is 4.23. The molecule has 0 spiro atoms. The minimum absolute atomic E-state index is 0.0332. The number of nitrogens with one attached hydrogen (secondary N) is 3. The molecule has 2 saturated carbocycles. The van der Waals surface area contributed by atoms with Gasteiger partial charge in [-0.1, -0.05) is 119 Å². The van der Waals surface area contributed by atoms with E-state index in [-0.39, 0.29) is 90.7 Å². The quantitative estimate of drug-likeness (QED) is 0.111. The van der Waals surface area contributed by atoms with E-state index in [2.05, 4.69) is 29.8 Å². The predicted octanol–water partition coefficient (Wildman–Crippen LogP) is 5.98. The highest BCUT2D eigenvalue weighted by Gasteiger charge is 2.49. The van der Waals surface area contributed by atoms with Crippen LogP contribution in [0.1, 0.15) is 124 Å². The second-order valence-electron chi connectivity index (χ2n) is 18.2. The molecule has 344 valence electrons. The van der Waals surface area contributed by atoms with Gasteiger partial charge in [0.05, 0.1) is 16.7 Å². The minimum atomic E-state index is -4.11. The molecule has 7 rings (SSSR count). The largest absolute Gasteiger partial charge is 0.354 e. The van der Waals surface area contributed by atoms with Crippen LogP contribution < -0.4 is 16.0 Å². The summed E-state index contributed by atoms with van der Waals surface area (Å²) >= 11 is 0. The third-order valence-corrected chi connectivity index (χ3v) is 15.4. The van der Waals surface area contributed by atoms with E-state index in [0.29, 0.717) is 13.0 Å². The smallest absolute Gasteiger partial charge is 0.253 e. The number of unbranched alkanes of at least 4 members (excludes halogenated alkanes) is 7. The van der Waals surface area contributed by atoms with E-state index in [1.807, 2.05) is 60.7 Å². The summed E-state index contributed by atoms with van der Waals surface area (Å²) in [6.45, 7) is 4.74. The van der Waals surface area contributed by atoms with Crippen molar-refractivity contribution in [3.05, 3.63) is 102 Å². The van der Waals surface area contributed by atoms with Crippen LogP contribution in [0.4, 0.5) is 0 Å². The number of hydrogen-bond acceptors (Lipinski definition) is 7. The van der Waals surface area contributed by atoms with Gasteiger partial charge < -0.3 is 25.8 Å². The fraction of sp³-hybridized carbons (Fsp3) is 0.540. The van der Waals surface area contributed by atoms with Gasteiger partial charge in [-0.15, -0.1) is 0 Å². The van der Waals surface area contributed by atoms with Crippen molar-refractivity contribution >= 4 is 39.6 Å². The Labute approximate surface area is 379 Å². The van der Waals surface area contributed by atoms with Gasteiger partial charge in [0.1, 0.15) is 6.04 Å². The summed E-state index contributed by atoms with van der Waals surface area (Å²) in [6.07, 6.45) is 10.7. The van der Waals surface area contributed by atoms with Crippen LogP contribution in [0.2, 0.25) is 0 Å². The van der Waals surface area contributed by atoms with Crippen molar-refractivity contribution in [1.82, 2.24) is 30.1 Å². The summed E-state index contributed by atoms with van der Waals surface area (Å²) in [5.41, 5.74) is 2.53. The van der Waals surface area contributed by atoms with Crippen molar-refractivity contribution < 1.29 is 32.4 Å². The maximum Gasteiger partial charge on any atom is 0.253 e. The van der Waals surface area contributed by atoms with Gasteiger partial charge in [0.2, 0.25) is 33.7 Å². The Morgan fingerprint density at radius 2 is 1.14 bits per heavy atom. The molecule has 0 bridgehead atoms. The van der Waals surface area contributed by atoms with E-state index < -0.39 is 33.8 Å². The van der Waals surface area contributed by atoms with Crippen LogP contribution in [0.5, 0.6) is 0 Å². The summed E-state index contributed by atoms with van der Waals surface area (Å²) < 4.78 is 29.5. The molecule has 1 unspecified atom stereocenters. The molecule has 2 aliphatic carbocycles. The molecule has 4 aliphatic rings. The third kappa shape index (κ3) is 11.6. The van der Waals surface area contributed by atoms with Crippen molar-refractivity contribution in [2.45, 2.75) is 126 Å². The lowest BCUT2D eigenvalue weighted by molar-refractivity contribution is -0.142. The Hall–Kier alpha value is -5.08. The molecule has 0 aromatic heterocycles. The number of sulfonamides is 1. The second kappa shape index (κ2) is 21.7. The van der Waals surface area contributed by atoms with E-state index >= 15 is 0 Å². The first-order valence-electron chi connectivity index (χ1n) is 23.7. The highest BCUT2D eigenvalue weighted by molar-refractivity contribution is 7.89. The van der Waals surface area contributed by atoms with Gasteiger partial charge in [-0.3, -0.25) is 24.0 Å². The Morgan fingerprint density at radius 1 is 0.609 bits per heavy atom. The predicted molar refractivity (Wildman–Crippen MR) is 246 cm³/mol. The summed E-state index contributed by atoms with van der Waals surface area (Å²) in [6, 6.07) is 24.6. The van der Waals surface area contributed by atoms with Gasteiger partial charge in [0, 0.05) is 75.2 Å². The number of likely N-dealkylation sites (tertiary alicyclic amines) is 1. The molecule has 0 radical (unpaired) electrons. The van der Waals surface area contributed by atoms with E-state index in [4.69, 9.17) is 0 Å². The zero-order chi connectivity index (χ0) is 45.2. The lowest BCUT2D eigenvalue weighted by Gasteiger charge is -2.40. The van der Waals surface area contributed by atoms with Gasteiger partial charge in [-0.05, 0) is 61.1 Å². The number of hydrogen-bond donors (Lipinski definition) is 3. The van der Waals surface area contributed by atoms with Gasteiger partial charge in [-0.2, -0.15) is 4.31 Å². The maximum atomic E-state index is 14.1. The van der Waals surface area contributed by atoms with Gasteiger partial charge in [0.15, 0.2) is 0 Å². The third-order valence-electron chi connectivity index (χ3n) is 13.5. The average molecular weight is 895 g/mol. The molecule has 5 amide bonds. The maximum absolute atomic E-state index is 14.1. The van der Waals surface area contributed by atoms with Gasteiger partial charge in [0.25, 0.3) is 5.91 Å². The Balaban J connectivity index is 1.01. The molecule has 14 heteroatoms. The number of carbonyl (C=O) groups excluding carboxylic acids is 5. The van der Waals surface area contributed by atoms with Crippen molar-refractivity contribution in [2.24, 2.45) is 11.8 Å². The molecular weight excluding hydrogens is 829 g/mol. The molecule has 2 aliphatic heterocycles. The Bertz CT molecular complexity index is 2110. The minimum Gasteiger partial charge on any atom is -0.354 e. The highest BCUT2D eigenvalue weighted by atomic mass is 32.2. The molecule has 4 fully saturated rings. The fourth-order valence-corrected chi connectivity index (χ4v) is 10.9. The fourth-order valence-electron chi connectivity index (χ4n) is 9.43. The molecule has 3 N–H and O–H groups in total. The number of piperazine rings is 1. The molecule has 64 heavy (non-hydrogen) atoms. The van der Waals surface area contributed by atoms with Gasteiger partial charge >= 0.3 is 0 Å². The van der Waals surface area contributed by atoms with Crippen molar-refractivity contribution in [3.8, 4) is 0 Å². The zero-order valence-corrected chi connectivity index (χ0v) is 38.3. The van der Waals surface area contributed by atoms with E-state index in [1.165, 1.54) is 33.5 Å². The number of rotatable bonds is 21. The molecule has 3 aromatic carbocycles. The van der Waals surface area contributed by atoms with E-state index in [1.54, 1.807) is 4.90 Å². The van der Waals surface area contributed by atoms with Crippen LogP contribution in [0.3, 0.4) is 0 Å². The highest BCUT2D eigenvalue weighted by Crippen LogP contribution is 2.43. The lowest BCUT2D eigenvalue weighted by Crippen LogP contribution is -2.61. The van der Waals surface area contributed by atoms with Crippen LogP contribution in [0, 0.1) is 11.8 Å². The van der Waals surface area contributed by atoms with Crippen LogP contribution in [0.15, 0.2) is 89.8 Å². The van der Waals surface area contributed by atoms with E-state index in [9.17, 15) is 32.4 Å². The van der Waals surface area contributed by atoms with Crippen molar-refractivity contribution in [1.29, 1.82) is 0 Å². The summed E-state index contributed by atoms with van der Waals surface area (Å²) in [4.78, 5) is 72.0. The number of carbonyl (C=O) groups is 5. The number of benzene rings is 3. The van der Waals surface area contributed by atoms with E-state index in [0.717, 1.165) is 81.8 Å². The Morgan fingerprint density at radius 3 is 1.69 bits per heavy atom. The molecule has 3 aromatic rings. The Kier molecular flexibility index (Phi) is 15.9. The SMILES string of the molecule is CCCCCCCC(=O)N1CCN(S(=O)(=O)c2ccc(C(=O)N3C[C@@H](C(=O)N[C@H]4C[C@@H]4c4ccccc4)[C@H](C(=O)N[C@H]4C[C@@H]4c4ccccc4)C3)cc2)CC1C(=O)NCCCCCC. The van der Waals surface area contributed by atoms with Crippen LogP contribution in [0.25, 0.3) is 0 Å². The summed E-state index contributed by atoms with van der Waals surface area (Å²) in [5.74, 6) is -2.55. The normalized spacial score (nSPS) is 24.2.